The van der Waals surface area contributed by atoms with Crippen LogP contribution in [0.5, 0.6) is 0 Å². The molecule has 20 heavy (non-hydrogen) atoms. The van der Waals surface area contributed by atoms with Gasteiger partial charge in [-0.1, -0.05) is 0 Å². The minimum atomic E-state index is -0.409. The molecule has 6 nitrogen and oxygen atoms in total. The third-order valence-electron chi connectivity index (χ3n) is 3.08. The number of H-pyrrole nitrogens is 1. The van der Waals surface area contributed by atoms with Gasteiger partial charge in [-0.3, -0.25) is 5.10 Å². The largest absolute Gasteiger partial charge is 0.465 e. The number of carbonyl (C=O) groups excluding carboxylic acids is 1. The minimum Gasteiger partial charge on any atom is -0.465 e. The number of pyridine rings is 1. The molecule has 6 heteroatoms. The van der Waals surface area contributed by atoms with Crippen molar-refractivity contribution >= 4 is 22.7 Å². The van der Waals surface area contributed by atoms with Gasteiger partial charge in [0.1, 0.15) is 5.82 Å². The van der Waals surface area contributed by atoms with E-state index in [0.29, 0.717) is 11.4 Å². The summed E-state index contributed by atoms with van der Waals surface area (Å²) in [5.74, 6) is 0.0195. The molecule has 2 heterocycles. The summed E-state index contributed by atoms with van der Waals surface area (Å²) in [5.41, 5.74) is 8.34. The molecule has 0 bridgehead atoms. The number of hydrogen-bond donors (Lipinski definition) is 2. The Balaban J connectivity index is 2.25. The lowest BCUT2D eigenvalue weighted by atomic mass is 9.99. The molecular formula is C14H12N4O2. The van der Waals surface area contributed by atoms with Gasteiger partial charge < -0.3 is 10.5 Å². The number of carbonyl (C=O) groups is 1. The number of hydrogen-bond acceptors (Lipinski definition) is 5. The lowest BCUT2D eigenvalue weighted by molar-refractivity contribution is 0.0602. The number of methoxy groups -OCH3 is 1. The maximum Gasteiger partial charge on any atom is 0.338 e. The quantitative estimate of drug-likeness (QED) is 0.693. The van der Waals surface area contributed by atoms with Gasteiger partial charge in [-0.05, 0) is 29.8 Å². The molecule has 0 unspecified atom stereocenters. The monoisotopic (exact) mass is 268 g/mol. The van der Waals surface area contributed by atoms with Crippen molar-refractivity contribution in [2.24, 2.45) is 0 Å². The van der Waals surface area contributed by atoms with E-state index in [0.717, 1.165) is 22.0 Å². The van der Waals surface area contributed by atoms with Gasteiger partial charge in [-0.2, -0.15) is 5.10 Å². The highest BCUT2D eigenvalue weighted by molar-refractivity contribution is 6.02. The number of fused-ring (bicyclic) bond motifs is 1. The lowest BCUT2D eigenvalue weighted by Gasteiger charge is -2.08. The number of esters is 1. The summed E-state index contributed by atoms with van der Waals surface area (Å²) in [5, 5.41) is 7.70. The molecule has 3 rings (SSSR count). The normalized spacial score (nSPS) is 10.7. The van der Waals surface area contributed by atoms with Crippen LogP contribution in [0.3, 0.4) is 0 Å². The fraction of sp³-hybridized carbons (Fsp3) is 0.0714. The van der Waals surface area contributed by atoms with E-state index in [9.17, 15) is 4.79 Å². The minimum absolute atomic E-state index is 0.409. The summed E-state index contributed by atoms with van der Waals surface area (Å²) in [4.78, 5) is 16.0. The van der Waals surface area contributed by atoms with Crippen molar-refractivity contribution in [1.82, 2.24) is 15.2 Å². The number of anilines is 1. The second-order valence-corrected chi connectivity index (χ2v) is 4.32. The summed E-state index contributed by atoms with van der Waals surface area (Å²) >= 11 is 0. The number of nitrogen functional groups attached to an aromatic ring is 1. The fourth-order valence-corrected chi connectivity index (χ4v) is 2.07. The predicted octanol–water partition coefficient (Wildman–Crippen LogP) is 1.99. The van der Waals surface area contributed by atoms with Crippen LogP contribution in [0.1, 0.15) is 10.4 Å². The Bertz CT molecular complexity index is 777. The Hall–Kier alpha value is -2.89. The maximum atomic E-state index is 11.9. The number of nitrogens with two attached hydrogens (primary N) is 1. The number of rotatable bonds is 2. The van der Waals surface area contributed by atoms with Crippen molar-refractivity contribution < 1.29 is 9.53 Å². The van der Waals surface area contributed by atoms with Crippen LogP contribution in [-0.4, -0.2) is 28.3 Å². The van der Waals surface area contributed by atoms with Crippen molar-refractivity contribution in [3.63, 3.8) is 0 Å². The van der Waals surface area contributed by atoms with E-state index in [1.54, 1.807) is 24.5 Å². The molecule has 2 aromatic heterocycles. The number of nitrogens with zero attached hydrogens (tertiary/aromatic N) is 2. The summed E-state index contributed by atoms with van der Waals surface area (Å²) in [6.45, 7) is 0. The first-order valence-corrected chi connectivity index (χ1v) is 5.96. The lowest BCUT2D eigenvalue weighted by Crippen LogP contribution is -2.04. The Morgan fingerprint density at radius 2 is 2.15 bits per heavy atom. The predicted molar refractivity (Wildman–Crippen MR) is 75.1 cm³/mol. The third-order valence-corrected chi connectivity index (χ3v) is 3.08. The number of ether oxygens (including phenoxy) is 1. The average molecular weight is 268 g/mol. The second kappa shape index (κ2) is 4.65. The van der Waals surface area contributed by atoms with E-state index in [1.165, 1.54) is 7.11 Å². The average Bonchev–Trinajstić information content (AvgIpc) is 2.93. The molecular weight excluding hydrogens is 256 g/mol. The summed E-state index contributed by atoms with van der Waals surface area (Å²) < 4.78 is 4.83. The molecule has 0 atom stereocenters. The zero-order valence-electron chi connectivity index (χ0n) is 10.8. The van der Waals surface area contributed by atoms with Gasteiger partial charge in [0.15, 0.2) is 0 Å². The molecule has 3 aromatic rings. The molecule has 0 aliphatic rings. The van der Waals surface area contributed by atoms with E-state index in [4.69, 9.17) is 10.5 Å². The smallest absolute Gasteiger partial charge is 0.338 e. The van der Waals surface area contributed by atoms with Crippen LogP contribution in [0.15, 0.2) is 36.7 Å². The van der Waals surface area contributed by atoms with Gasteiger partial charge in [0, 0.05) is 17.1 Å². The molecule has 0 aliphatic carbocycles. The Labute approximate surface area is 114 Å². The third kappa shape index (κ3) is 1.97. The zero-order valence-corrected chi connectivity index (χ0v) is 10.8. The highest BCUT2D eigenvalue weighted by Crippen LogP contribution is 2.28. The molecule has 0 radical (unpaired) electrons. The Morgan fingerprint density at radius 1 is 1.30 bits per heavy atom. The van der Waals surface area contributed by atoms with Crippen molar-refractivity contribution in [3.8, 4) is 11.1 Å². The van der Waals surface area contributed by atoms with E-state index in [2.05, 4.69) is 15.2 Å². The van der Waals surface area contributed by atoms with Crippen LogP contribution in [0, 0.1) is 0 Å². The SMILES string of the molecule is COC(=O)c1cc2[nH]ncc2cc1-c1ccc(N)nc1. The van der Waals surface area contributed by atoms with Crippen LogP contribution in [0.4, 0.5) is 5.82 Å². The number of aromatic amines is 1. The van der Waals surface area contributed by atoms with Crippen LogP contribution in [0.25, 0.3) is 22.0 Å². The van der Waals surface area contributed by atoms with E-state index < -0.39 is 5.97 Å². The molecule has 0 fully saturated rings. The summed E-state index contributed by atoms with van der Waals surface area (Å²) in [6.07, 6.45) is 3.33. The molecule has 100 valence electrons. The maximum absolute atomic E-state index is 11.9. The van der Waals surface area contributed by atoms with Gasteiger partial charge >= 0.3 is 5.97 Å². The molecule has 0 aliphatic heterocycles. The van der Waals surface area contributed by atoms with Gasteiger partial charge in [0.05, 0.1) is 24.4 Å². The first-order valence-electron chi connectivity index (χ1n) is 5.96. The Morgan fingerprint density at radius 3 is 2.85 bits per heavy atom. The molecule has 0 saturated heterocycles. The van der Waals surface area contributed by atoms with E-state index in [1.807, 2.05) is 12.1 Å². The standard InChI is InChI=1S/C14H12N4O2/c1-20-14(19)11-5-12-9(7-17-18-12)4-10(11)8-2-3-13(15)16-6-8/h2-7H,1H3,(H2,15,16)(H,17,18). The first-order chi connectivity index (χ1) is 9.69. The van der Waals surface area contributed by atoms with E-state index >= 15 is 0 Å². The number of aromatic nitrogens is 3. The highest BCUT2D eigenvalue weighted by Gasteiger charge is 2.15. The van der Waals surface area contributed by atoms with Crippen molar-refractivity contribution in [1.29, 1.82) is 0 Å². The van der Waals surface area contributed by atoms with Gasteiger partial charge in [-0.15, -0.1) is 0 Å². The first kappa shape index (κ1) is 12.2. The molecule has 0 saturated carbocycles. The topological polar surface area (TPSA) is 93.9 Å². The molecule has 0 spiro atoms. The molecule has 0 amide bonds. The highest BCUT2D eigenvalue weighted by atomic mass is 16.5. The fourth-order valence-electron chi connectivity index (χ4n) is 2.07. The summed E-state index contributed by atoms with van der Waals surface area (Å²) in [6, 6.07) is 7.10. The summed E-state index contributed by atoms with van der Waals surface area (Å²) in [7, 11) is 1.35. The van der Waals surface area contributed by atoms with Crippen molar-refractivity contribution in [3.05, 3.63) is 42.2 Å². The molecule has 3 N–H and O–H groups in total. The van der Waals surface area contributed by atoms with Gasteiger partial charge in [0.25, 0.3) is 0 Å². The van der Waals surface area contributed by atoms with Crippen LogP contribution in [-0.2, 0) is 4.74 Å². The van der Waals surface area contributed by atoms with Crippen LogP contribution >= 0.6 is 0 Å². The van der Waals surface area contributed by atoms with Crippen LogP contribution < -0.4 is 5.73 Å². The second-order valence-electron chi connectivity index (χ2n) is 4.32. The molecule has 1 aromatic carbocycles. The number of benzene rings is 1. The van der Waals surface area contributed by atoms with Gasteiger partial charge in [-0.25, -0.2) is 9.78 Å². The van der Waals surface area contributed by atoms with Crippen LogP contribution in [0.2, 0.25) is 0 Å². The van der Waals surface area contributed by atoms with E-state index in [-0.39, 0.29) is 0 Å². The van der Waals surface area contributed by atoms with Crippen molar-refractivity contribution in [2.75, 3.05) is 12.8 Å². The zero-order chi connectivity index (χ0) is 14.1. The van der Waals surface area contributed by atoms with Gasteiger partial charge in [0.2, 0.25) is 0 Å². The Kier molecular flexibility index (Phi) is 2.83. The number of nitrogens with one attached hydrogen (secondary N) is 1. The van der Waals surface area contributed by atoms with Crippen molar-refractivity contribution in [2.45, 2.75) is 0 Å².